The van der Waals surface area contributed by atoms with Gasteiger partial charge in [0.2, 0.25) is 0 Å². The summed E-state index contributed by atoms with van der Waals surface area (Å²) in [4.78, 5) is 0. The highest BCUT2D eigenvalue weighted by Crippen LogP contribution is 2.13. The van der Waals surface area contributed by atoms with Crippen LogP contribution >= 0.6 is 0 Å². The zero-order valence-corrected chi connectivity index (χ0v) is 12.5. The molecule has 2 rings (SSSR count). The van der Waals surface area contributed by atoms with E-state index in [1.165, 1.54) is 5.56 Å². The molecule has 118 valence electrons. The largest absolute Gasteiger partial charge is 0.376 e. The molecule has 0 saturated carbocycles. The first-order valence-corrected chi connectivity index (χ1v) is 7.40. The molecular formula is C16H24O5. The summed E-state index contributed by atoms with van der Waals surface area (Å²) in [7, 11) is 0. The molecule has 1 fully saturated rings. The Kier molecular flexibility index (Phi) is 7.70. The second-order valence-corrected chi connectivity index (χ2v) is 4.80. The fourth-order valence-corrected chi connectivity index (χ4v) is 2.07. The smallest absolute Gasteiger partial charge is 0.147 e. The summed E-state index contributed by atoms with van der Waals surface area (Å²) >= 11 is 0. The molecule has 0 amide bonds. The Balaban J connectivity index is 1.55. The summed E-state index contributed by atoms with van der Waals surface area (Å²) in [6.45, 7) is 5.69. The van der Waals surface area contributed by atoms with E-state index < -0.39 is 0 Å². The van der Waals surface area contributed by atoms with Crippen LogP contribution in [-0.4, -0.2) is 52.0 Å². The molecule has 5 heteroatoms. The lowest BCUT2D eigenvalue weighted by Crippen LogP contribution is -2.31. The molecule has 0 N–H and O–H groups in total. The van der Waals surface area contributed by atoms with E-state index in [4.69, 9.17) is 23.7 Å². The summed E-state index contributed by atoms with van der Waals surface area (Å²) < 4.78 is 27.5. The van der Waals surface area contributed by atoms with E-state index in [1.54, 1.807) is 0 Å². The predicted molar refractivity (Wildman–Crippen MR) is 78.0 cm³/mol. The van der Waals surface area contributed by atoms with Gasteiger partial charge in [0.05, 0.1) is 33.0 Å². The molecule has 1 aliphatic heterocycles. The second kappa shape index (κ2) is 9.87. The van der Waals surface area contributed by atoms with Crippen molar-refractivity contribution in [1.82, 2.24) is 0 Å². The van der Waals surface area contributed by atoms with Crippen LogP contribution in [0.15, 0.2) is 30.3 Å². The molecule has 1 saturated heterocycles. The van der Waals surface area contributed by atoms with Crippen LogP contribution in [-0.2, 0) is 30.3 Å². The van der Waals surface area contributed by atoms with E-state index >= 15 is 0 Å². The number of hydrogen-bond acceptors (Lipinski definition) is 5. The molecule has 0 unspecified atom stereocenters. The minimum atomic E-state index is -0.0503. The molecule has 0 aliphatic carbocycles. The Hall–Kier alpha value is -0.980. The van der Waals surface area contributed by atoms with Gasteiger partial charge in [0.15, 0.2) is 0 Å². The molecule has 0 bridgehead atoms. The van der Waals surface area contributed by atoms with Crippen molar-refractivity contribution in [2.45, 2.75) is 25.7 Å². The topological polar surface area (TPSA) is 46.2 Å². The molecule has 0 radical (unpaired) electrons. The lowest BCUT2D eigenvalue weighted by Gasteiger charge is -2.18. The van der Waals surface area contributed by atoms with Crippen LogP contribution in [0.2, 0.25) is 0 Å². The van der Waals surface area contributed by atoms with E-state index in [-0.39, 0.29) is 19.0 Å². The minimum Gasteiger partial charge on any atom is -0.376 e. The number of ether oxygens (including phenoxy) is 5. The van der Waals surface area contributed by atoms with Crippen LogP contribution in [0.25, 0.3) is 0 Å². The van der Waals surface area contributed by atoms with Gasteiger partial charge in [-0.2, -0.15) is 0 Å². The summed E-state index contributed by atoms with van der Waals surface area (Å²) in [5.74, 6) is 0. The molecule has 1 aliphatic rings. The average molecular weight is 296 g/mol. The van der Waals surface area contributed by atoms with Crippen LogP contribution in [0.3, 0.4) is 0 Å². The maximum absolute atomic E-state index is 5.75. The van der Waals surface area contributed by atoms with Crippen molar-refractivity contribution in [3.8, 4) is 0 Å². The van der Waals surface area contributed by atoms with Crippen molar-refractivity contribution in [2.75, 3.05) is 39.8 Å². The van der Waals surface area contributed by atoms with Crippen LogP contribution < -0.4 is 0 Å². The van der Waals surface area contributed by atoms with Gasteiger partial charge in [0.1, 0.15) is 19.0 Å². The van der Waals surface area contributed by atoms with Crippen molar-refractivity contribution >= 4 is 0 Å². The zero-order valence-electron chi connectivity index (χ0n) is 12.5. The summed E-state index contributed by atoms with van der Waals surface area (Å²) in [6.07, 6.45) is -0.0866. The molecule has 21 heavy (non-hydrogen) atoms. The van der Waals surface area contributed by atoms with E-state index in [9.17, 15) is 0 Å². The van der Waals surface area contributed by atoms with Crippen LogP contribution in [0.1, 0.15) is 12.5 Å². The molecular weight excluding hydrogens is 272 g/mol. The third-order valence-electron chi connectivity index (χ3n) is 3.22. The van der Waals surface area contributed by atoms with Crippen LogP contribution in [0, 0.1) is 0 Å². The van der Waals surface area contributed by atoms with Crippen molar-refractivity contribution in [2.24, 2.45) is 0 Å². The SMILES string of the molecule is CCOCO[C@@H]1COC[C@H]1OCCOCc1ccccc1. The van der Waals surface area contributed by atoms with Gasteiger partial charge in [-0.3, -0.25) is 0 Å². The van der Waals surface area contributed by atoms with Crippen molar-refractivity contribution < 1.29 is 23.7 Å². The maximum Gasteiger partial charge on any atom is 0.147 e. The van der Waals surface area contributed by atoms with Crippen molar-refractivity contribution in [1.29, 1.82) is 0 Å². The minimum absolute atomic E-state index is 0.0363. The van der Waals surface area contributed by atoms with Gasteiger partial charge >= 0.3 is 0 Å². The third kappa shape index (κ3) is 6.11. The quantitative estimate of drug-likeness (QED) is 0.488. The van der Waals surface area contributed by atoms with Crippen LogP contribution in [0.5, 0.6) is 0 Å². The molecule has 1 heterocycles. The first kappa shape index (κ1) is 16.4. The zero-order chi connectivity index (χ0) is 14.8. The fourth-order valence-electron chi connectivity index (χ4n) is 2.07. The van der Waals surface area contributed by atoms with Gasteiger partial charge < -0.3 is 23.7 Å². The summed E-state index contributed by atoms with van der Waals surface area (Å²) in [5, 5.41) is 0. The number of rotatable bonds is 10. The van der Waals surface area contributed by atoms with Gasteiger partial charge in [-0.25, -0.2) is 0 Å². The van der Waals surface area contributed by atoms with Gasteiger partial charge in [0.25, 0.3) is 0 Å². The van der Waals surface area contributed by atoms with E-state index in [0.717, 1.165) is 0 Å². The Bertz CT molecular complexity index is 370. The first-order chi connectivity index (χ1) is 10.4. The van der Waals surface area contributed by atoms with E-state index in [1.807, 2.05) is 37.3 Å². The number of hydrogen-bond donors (Lipinski definition) is 0. The van der Waals surface area contributed by atoms with Gasteiger partial charge in [-0.15, -0.1) is 0 Å². The summed E-state index contributed by atoms with van der Waals surface area (Å²) in [5.41, 5.74) is 1.17. The maximum atomic E-state index is 5.75. The Morgan fingerprint density at radius 2 is 1.76 bits per heavy atom. The van der Waals surface area contributed by atoms with Gasteiger partial charge in [-0.05, 0) is 12.5 Å². The lowest BCUT2D eigenvalue weighted by atomic mass is 10.2. The second-order valence-electron chi connectivity index (χ2n) is 4.80. The summed E-state index contributed by atoms with van der Waals surface area (Å²) in [6, 6.07) is 10.1. The predicted octanol–water partition coefficient (Wildman–Crippen LogP) is 2.00. The van der Waals surface area contributed by atoms with E-state index in [2.05, 4.69) is 0 Å². The monoisotopic (exact) mass is 296 g/mol. The number of benzene rings is 1. The molecule has 0 aromatic heterocycles. The first-order valence-electron chi connectivity index (χ1n) is 7.40. The highest BCUT2D eigenvalue weighted by Gasteiger charge is 2.29. The normalized spacial score (nSPS) is 21.8. The third-order valence-corrected chi connectivity index (χ3v) is 3.22. The van der Waals surface area contributed by atoms with Crippen molar-refractivity contribution in [3.63, 3.8) is 0 Å². The average Bonchev–Trinajstić information content (AvgIpc) is 2.96. The Morgan fingerprint density at radius 1 is 1.00 bits per heavy atom. The molecule has 2 atom stereocenters. The molecule has 1 aromatic rings. The van der Waals surface area contributed by atoms with Gasteiger partial charge in [-0.1, -0.05) is 30.3 Å². The lowest BCUT2D eigenvalue weighted by molar-refractivity contribution is -0.124. The van der Waals surface area contributed by atoms with Crippen molar-refractivity contribution in [3.05, 3.63) is 35.9 Å². The van der Waals surface area contributed by atoms with Crippen LogP contribution in [0.4, 0.5) is 0 Å². The highest BCUT2D eigenvalue weighted by atomic mass is 16.7. The molecule has 5 nitrogen and oxygen atoms in total. The standard InChI is InChI=1S/C16H24O5/c1-2-17-13-21-16-12-19-11-15(16)20-9-8-18-10-14-6-4-3-5-7-14/h3-7,15-16H,2,8-13H2,1H3/t15-,16-/m1/s1. The Morgan fingerprint density at radius 3 is 2.52 bits per heavy atom. The fraction of sp³-hybridized carbons (Fsp3) is 0.625. The Labute approximate surface area is 126 Å². The van der Waals surface area contributed by atoms with E-state index in [0.29, 0.717) is 39.6 Å². The molecule has 1 aromatic carbocycles. The molecule has 0 spiro atoms. The highest BCUT2D eigenvalue weighted by molar-refractivity contribution is 5.13. The van der Waals surface area contributed by atoms with Gasteiger partial charge in [0, 0.05) is 6.61 Å².